The van der Waals surface area contributed by atoms with E-state index in [-0.39, 0.29) is 0 Å². The average Bonchev–Trinajstić information content (AvgIpc) is 2.53. The summed E-state index contributed by atoms with van der Waals surface area (Å²) in [5.41, 5.74) is 2.54. The van der Waals surface area contributed by atoms with Crippen LogP contribution >= 0.6 is 0 Å². The van der Waals surface area contributed by atoms with E-state index in [1.54, 1.807) is 0 Å². The molecular formula is C18H22BF4IO. The number of hydrogen-bond acceptors (Lipinski definition) is 1. The molecule has 7 heteroatoms. The van der Waals surface area contributed by atoms with Gasteiger partial charge in [-0.25, -0.2) is 0 Å². The van der Waals surface area contributed by atoms with E-state index in [0.717, 1.165) is 12.4 Å². The smallest absolute Gasteiger partial charge is 0.493 e. The minimum absolute atomic E-state index is 0.622. The van der Waals surface area contributed by atoms with E-state index in [1.807, 2.05) is 0 Å². The van der Waals surface area contributed by atoms with Crippen LogP contribution in [0, 0.1) is 9.49 Å². The number of benzene rings is 2. The Morgan fingerprint density at radius 3 is 2.08 bits per heavy atom. The molecule has 0 aromatic heterocycles. The summed E-state index contributed by atoms with van der Waals surface area (Å²) in [6.07, 6.45) is 2.44. The Kier molecular flexibility index (Phi) is 9.31. The second-order valence-corrected chi connectivity index (χ2v) is 6.98. The lowest BCUT2D eigenvalue weighted by Gasteiger charge is -2.12. The molecule has 2 aromatic rings. The molecule has 0 saturated heterocycles. The van der Waals surface area contributed by atoms with E-state index in [4.69, 9.17) is 4.74 Å². The standard InChI is InChI=1S/C18H22IO.BF4/c1-3-6-14(2)13-20-16-11-9-15(10-12-16)17-7-4-5-8-18(17)19;2-1(3,4)5/h4-5,7-12,14,19H,3,6,13H2,1-2H3;/q+1;-1. The van der Waals surface area contributed by atoms with Crippen molar-refractivity contribution in [1.29, 1.82) is 0 Å². The first-order valence-corrected chi connectivity index (χ1v) is 9.23. The van der Waals surface area contributed by atoms with Gasteiger partial charge in [-0.3, -0.25) is 0 Å². The third-order valence-corrected chi connectivity index (χ3v) is 4.38. The summed E-state index contributed by atoms with van der Waals surface area (Å²) in [6, 6.07) is 16.9. The average molecular weight is 468 g/mol. The van der Waals surface area contributed by atoms with Crippen LogP contribution in [0.2, 0.25) is 0 Å². The summed E-state index contributed by atoms with van der Waals surface area (Å²) < 4.78 is 46.2. The highest BCUT2D eigenvalue weighted by atomic mass is 127. The molecular weight excluding hydrogens is 446 g/mol. The summed E-state index contributed by atoms with van der Waals surface area (Å²) in [5.74, 6) is 1.59. The predicted octanol–water partition coefficient (Wildman–Crippen LogP) is 2.92. The van der Waals surface area contributed by atoms with Gasteiger partial charge in [0.1, 0.15) is 5.75 Å². The van der Waals surface area contributed by atoms with Crippen molar-refractivity contribution in [3.63, 3.8) is 0 Å². The first-order valence-electron chi connectivity index (χ1n) is 8.07. The number of rotatable bonds is 6. The first kappa shape index (κ1) is 21.8. The van der Waals surface area contributed by atoms with Crippen LogP contribution in [0.5, 0.6) is 5.75 Å². The maximum Gasteiger partial charge on any atom is 0.673 e. The van der Waals surface area contributed by atoms with Gasteiger partial charge in [-0.1, -0.05) is 44.5 Å². The molecule has 2 rings (SSSR count). The van der Waals surface area contributed by atoms with Crippen molar-refractivity contribution in [2.75, 3.05) is 6.61 Å². The molecule has 0 radical (unpaired) electrons. The molecule has 0 fully saturated rings. The van der Waals surface area contributed by atoms with Crippen LogP contribution in [0.3, 0.4) is 0 Å². The van der Waals surface area contributed by atoms with Crippen LogP contribution < -0.4 is 27.3 Å². The van der Waals surface area contributed by atoms with Gasteiger partial charge in [-0.05, 0) is 42.2 Å². The quantitative estimate of drug-likeness (QED) is 0.360. The van der Waals surface area contributed by atoms with Crippen molar-refractivity contribution in [3.8, 4) is 16.9 Å². The molecule has 138 valence electrons. The molecule has 0 saturated carbocycles. The van der Waals surface area contributed by atoms with Crippen LogP contribution in [0.15, 0.2) is 48.5 Å². The molecule has 0 amide bonds. The maximum absolute atomic E-state index is 9.75. The van der Waals surface area contributed by atoms with Gasteiger partial charge in [0, 0.05) is 5.56 Å². The molecule has 1 atom stereocenters. The van der Waals surface area contributed by atoms with E-state index in [2.05, 4.69) is 85.0 Å². The molecule has 0 aliphatic heterocycles. The molecule has 0 heterocycles. The van der Waals surface area contributed by atoms with E-state index in [9.17, 15) is 17.3 Å². The van der Waals surface area contributed by atoms with E-state index >= 15 is 0 Å². The summed E-state index contributed by atoms with van der Waals surface area (Å²) >= 11 is 2.07. The molecule has 0 aliphatic rings. The third-order valence-electron chi connectivity index (χ3n) is 3.37. The summed E-state index contributed by atoms with van der Waals surface area (Å²) in [6.45, 7) is 5.26. The molecule has 25 heavy (non-hydrogen) atoms. The lowest BCUT2D eigenvalue weighted by molar-refractivity contribution is -0.326. The molecule has 0 spiro atoms. The largest absolute Gasteiger partial charge is 0.673 e. The Balaban J connectivity index is 0.000000550. The van der Waals surface area contributed by atoms with E-state index in [1.165, 1.54) is 27.5 Å². The molecule has 2 aromatic carbocycles. The van der Waals surface area contributed by atoms with Crippen molar-refractivity contribution in [1.82, 2.24) is 0 Å². The molecule has 1 nitrogen and oxygen atoms in total. The monoisotopic (exact) mass is 468 g/mol. The SMILES string of the molecule is CCCC(C)COc1ccc(-c2ccccc2[IH+])cc1.F[B-](F)(F)F. The van der Waals surface area contributed by atoms with Crippen LogP contribution in [0.25, 0.3) is 11.1 Å². The zero-order valence-electron chi connectivity index (χ0n) is 14.2. The lowest BCUT2D eigenvalue weighted by atomic mass is 10.1. The third kappa shape index (κ3) is 9.72. The van der Waals surface area contributed by atoms with Crippen molar-refractivity contribution in [2.24, 2.45) is 5.92 Å². The highest BCUT2D eigenvalue weighted by Crippen LogP contribution is 2.22. The summed E-state index contributed by atoms with van der Waals surface area (Å²) in [5, 5.41) is 0. The first-order chi connectivity index (χ1) is 11.7. The zero-order valence-corrected chi connectivity index (χ0v) is 16.6. The zero-order chi connectivity index (χ0) is 18.9. The van der Waals surface area contributed by atoms with Crippen molar-refractivity contribution < 1.29 is 44.6 Å². The predicted molar refractivity (Wildman–Crippen MR) is 91.7 cm³/mol. The van der Waals surface area contributed by atoms with Gasteiger partial charge in [0.05, 0.1) is 6.61 Å². The second-order valence-electron chi connectivity index (χ2n) is 5.72. The Morgan fingerprint density at radius 2 is 1.56 bits per heavy atom. The molecule has 0 N–H and O–H groups in total. The van der Waals surface area contributed by atoms with Crippen molar-refractivity contribution >= 4 is 7.25 Å². The highest BCUT2D eigenvalue weighted by Gasteiger charge is 2.20. The lowest BCUT2D eigenvalue weighted by Crippen LogP contribution is -3.34. The van der Waals surface area contributed by atoms with Crippen LogP contribution in [0.4, 0.5) is 17.3 Å². The Labute approximate surface area is 160 Å². The van der Waals surface area contributed by atoms with Gasteiger partial charge in [0.15, 0.2) is 3.57 Å². The summed E-state index contributed by atoms with van der Waals surface area (Å²) in [7, 11) is -6.00. The Morgan fingerprint density at radius 1 is 1.00 bits per heavy atom. The van der Waals surface area contributed by atoms with Gasteiger partial charge >= 0.3 is 7.25 Å². The fraction of sp³-hybridized carbons (Fsp3) is 0.333. The molecule has 0 aliphatic carbocycles. The van der Waals surface area contributed by atoms with E-state index < -0.39 is 7.25 Å². The van der Waals surface area contributed by atoms with Gasteiger partial charge in [0.25, 0.3) is 22.6 Å². The number of halogens is 5. The minimum Gasteiger partial charge on any atom is -0.493 e. The van der Waals surface area contributed by atoms with Crippen molar-refractivity contribution in [3.05, 3.63) is 52.1 Å². The van der Waals surface area contributed by atoms with Crippen LogP contribution in [-0.4, -0.2) is 13.9 Å². The number of ether oxygens (including phenoxy) is 1. The summed E-state index contributed by atoms with van der Waals surface area (Å²) in [4.78, 5) is 0. The second kappa shape index (κ2) is 10.7. The minimum atomic E-state index is -6.00. The van der Waals surface area contributed by atoms with Gasteiger partial charge < -0.3 is 22.0 Å². The fourth-order valence-corrected chi connectivity index (χ4v) is 3.01. The van der Waals surface area contributed by atoms with Crippen LogP contribution in [0.1, 0.15) is 26.7 Å². The van der Waals surface area contributed by atoms with Crippen LogP contribution in [-0.2, 0) is 0 Å². The van der Waals surface area contributed by atoms with Gasteiger partial charge in [-0.15, -0.1) is 0 Å². The number of hydrogen-bond donors (Lipinski definition) is 0. The van der Waals surface area contributed by atoms with E-state index in [0.29, 0.717) is 5.92 Å². The Bertz CT molecular complexity index is 626. The normalized spacial score (nSPS) is 12.1. The fourth-order valence-electron chi connectivity index (χ4n) is 2.25. The Hall–Kier alpha value is -1.25. The highest BCUT2D eigenvalue weighted by molar-refractivity contribution is 6.50. The molecule has 1 unspecified atom stereocenters. The molecule has 0 bridgehead atoms. The topological polar surface area (TPSA) is 9.23 Å². The van der Waals surface area contributed by atoms with Gasteiger partial charge in [-0.2, -0.15) is 0 Å². The van der Waals surface area contributed by atoms with Crippen molar-refractivity contribution in [2.45, 2.75) is 26.7 Å². The maximum atomic E-state index is 9.75. The van der Waals surface area contributed by atoms with Gasteiger partial charge in [0.2, 0.25) is 0 Å².